The number of aryl methyl sites for hydroxylation is 1. The maximum Gasteiger partial charge on any atom is 0.314 e. The Hall–Kier alpha value is -1.63. The van der Waals surface area contributed by atoms with Crippen LogP contribution in [0.1, 0.15) is 38.4 Å². The Morgan fingerprint density at radius 3 is 2.90 bits per heavy atom. The zero-order valence-corrected chi connectivity index (χ0v) is 11.9. The first-order chi connectivity index (χ1) is 9.63. The summed E-state index contributed by atoms with van der Waals surface area (Å²) in [5.41, 5.74) is -0.707. The maximum absolute atomic E-state index is 11.7. The van der Waals surface area contributed by atoms with Gasteiger partial charge in [0.05, 0.1) is 5.60 Å². The lowest BCUT2D eigenvalue weighted by Gasteiger charge is -2.22. The summed E-state index contributed by atoms with van der Waals surface area (Å²) in [6.45, 7) is 3.50. The van der Waals surface area contributed by atoms with E-state index in [1.54, 1.807) is 6.33 Å². The second kappa shape index (κ2) is 6.69. The number of hydrogen-bond donors (Lipinski definition) is 3. The minimum Gasteiger partial charge on any atom is -0.388 e. The molecule has 0 aliphatic heterocycles. The molecule has 1 aliphatic rings. The normalized spacial score (nSPS) is 17.1. The van der Waals surface area contributed by atoms with Gasteiger partial charge in [-0.3, -0.25) is 0 Å². The van der Waals surface area contributed by atoms with Gasteiger partial charge in [-0.05, 0) is 12.8 Å². The molecular weight excluding hydrogens is 258 g/mol. The van der Waals surface area contributed by atoms with E-state index < -0.39 is 5.60 Å². The number of aromatic nitrogens is 3. The van der Waals surface area contributed by atoms with E-state index in [0.717, 1.165) is 37.9 Å². The van der Waals surface area contributed by atoms with Gasteiger partial charge in [0.15, 0.2) is 0 Å². The molecule has 1 heterocycles. The zero-order valence-electron chi connectivity index (χ0n) is 11.9. The number of amides is 2. The highest BCUT2D eigenvalue weighted by Crippen LogP contribution is 2.28. The Kier molecular flexibility index (Phi) is 4.94. The Morgan fingerprint density at radius 2 is 2.20 bits per heavy atom. The van der Waals surface area contributed by atoms with Gasteiger partial charge in [-0.1, -0.05) is 19.8 Å². The summed E-state index contributed by atoms with van der Waals surface area (Å²) < 4.78 is 1.92. The molecule has 2 rings (SSSR count). The van der Waals surface area contributed by atoms with E-state index in [0.29, 0.717) is 19.6 Å². The van der Waals surface area contributed by atoms with Gasteiger partial charge in [-0.25, -0.2) is 4.79 Å². The van der Waals surface area contributed by atoms with Crippen LogP contribution in [0, 0.1) is 0 Å². The second-order valence-electron chi connectivity index (χ2n) is 5.34. The van der Waals surface area contributed by atoms with Gasteiger partial charge >= 0.3 is 6.03 Å². The van der Waals surface area contributed by atoms with Crippen LogP contribution in [0.4, 0.5) is 4.79 Å². The van der Waals surface area contributed by atoms with Crippen LogP contribution in [-0.2, 0) is 13.0 Å². The van der Waals surface area contributed by atoms with Gasteiger partial charge < -0.3 is 20.3 Å². The van der Waals surface area contributed by atoms with Crippen molar-refractivity contribution in [3.63, 3.8) is 0 Å². The molecule has 1 aromatic heterocycles. The molecule has 7 nitrogen and oxygen atoms in total. The number of hydrogen-bond acceptors (Lipinski definition) is 4. The van der Waals surface area contributed by atoms with Crippen molar-refractivity contribution in [3.8, 4) is 0 Å². The van der Waals surface area contributed by atoms with E-state index >= 15 is 0 Å². The van der Waals surface area contributed by atoms with Gasteiger partial charge in [0, 0.05) is 26.1 Å². The summed E-state index contributed by atoms with van der Waals surface area (Å²) in [5.74, 6) is 0.910. The molecule has 0 radical (unpaired) electrons. The monoisotopic (exact) mass is 281 g/mol. The van der Waals surface area contributed by atoms with Crippen molar-refractivity contribution in [2.75, 3.05) is 13.1 Å². The number of carbonyl (C=O) groups is 1. The van der Waals surface area contributed by atoms with E-state index in [2.05, 4.69) is 20.8 Å². The van der Waals surface area contributed by atoms with Gasteiger partial charge in [0.1, 0.15) is 12.2 Å². The third-order valence-electron chi connectivity index (χ3n) is 3.76. The largest absolute Gasteiger partial charge is 0.388 e. The fourth-order valence-corrected chi connectivity index (χ4v) is 2.55. The molecule has 1 saturated carbocycles. The summed E-state index contributed by atoms with van der Waals surface area (Å²) in [4.78, 5) is 11.7. The molecule has 20 heavy (non-hydrogen) atoms. The van der Waals surface area contributed by atoms with Crippen LogP contribution in [-0.4, -0.2) is 44.6 Å². The van der Waals surface area contributed by atoms with Crippen molar-refractivity contribution in [2.24, 2.45) is 0 Å². The van der Waals surface area contributed by atoms with Crippen molar-refractivity contribution in [3.05, 3.63) is 12.2 Å². The van der Waals surface area contributed by atoms with E-state index in [1.807, 2.05) is 11.5 Å². The Balaban J connectivity index is 1.65. The van der Waals surface area contributed by atoms with Gasteiger partial charge in [-0.2, -0.15) is 0 Å². The predicted molar refractivity (Wildman–Crippen MR) is 74.2 cm³/mol. The topological polar surface area (TPSA) is 92.1 Å². The lowest BCUT2D eigenvalue weighted by Crippen LogP contribution is -2.45. The molecule has 7 heteroatoms. The van der Waals surface area contributed by atoms with Crippen LogP contribution in [0.3, 0.4) is 0 Å². The molecule has 3 N–H and O–H groups in total. The molecule has 2 amide bonds. The second-order valence-corrected chi connectivity index (χ2v) is 5.34. The Bertz CT molecular complexity index is 440. The number of aliphatic hydroxyl groups is 1. The fraction of sp³-hybridized carbons (Fsp3) is 0.769. The molecule has 1 aliphatic carbocycles. The summed E-state index contributed by atoms with van der Waals surface area (Å²) in [6, 6.07) is -0.239. The molecule has 0 bridgehead atoms. The third kappa shape index (κ3) is 3.93. The molecule has 0 spiro atoms. The van der Waals surface area contributed by atoms with Gasteiger partial charge in [0.2, 0.25) is 0 Å². The van der Waals surface area contributed by atoms with E-state index in [-0.39, 0.29) is 6.03 Å². The smallest absolute Gasteiger partial charge is 0.314 e. The fourth-order valence-electron chi connectivity index (χ4n) is 2.55. The van der Waals surface area contributed by atoms with E-state index in [4.69, 9.17) is 0 Å². The quantitative estimate of drug-likeness (QED) is 0.705. The number of urea groups is 1. The maximum atomic E-state index is 11.7. The van der Waals surface area contributed by atoms with Gasteiger partial charge in [-0.15, -0.1) is 10.2 Å². The number of carbonyl (C=O) groups excluding carboxylic acids is 1. The predicted octanol–water partition coefficient (Wildman–Crippen LogP) is 0.445. The minimum atomic E-state index is -0.707. The summed E-state index contributed by atoms with van der Waals surface area (Å²) in [7, 11) is 0. The van der Waals surface area contributed by atoms with Crippen LogP contribution in [0.5, 0.6) is 0 Å². The van der Waals surface area contributed by atoms with Crippen LogP contribution in [0.2, 0.25) is 0 Å². The standard InChI is InChI=1S/C13H23N5O2/c1-2-11-17-16-10-18(11)8-7-14-12(19)15-9-13(20)5-3-4-6-13/h10,20H,2-9H2,1H3,(H2,14,15,19). The number of rotatable bonds is 6. The molecule has 0 aromatic carbocycles. The molecule has 0 unspecified atom stereocenters. The molecule has 112 valence electrons. The Morgan fingerprint density at radius 1 is 1.45 bits per heavy atom. The lowest BCUT2D eigenvalue weighted by atomic mass is 10.0. The average Bonchev–Trinajstić information content (AvgIpc) is 3.06. The summed E-state index contributed by atoms with van der Waals surface area (Å²) in [6.07, 6.45) is 6.10. The first kappa shape index (κ1) is 14.8. The minimum absolute atomic E-state index is 0.239. The number of nitrogens with one attached hydrogen (secondary N) is 2. The van der Waals surface area contributed by atoms with Gasteiger partial charge in [0.25, 0.3) is 0 Å². The molecule has 0 saturated heterocycles. The average molecular weight is 281 g/mol. The molecule has 1 fully saturated rings. The van der Waals surface area contributed by atoms with Crippen molar-refractivity contribution < 1.29 is 9.90 Å². The first-order valence-electron chi connectivity index (χ1n) is 7.24. The summed E-state index contributed by atoms with van der Waals surface area (Å²) >= 11 is 0. The van der Waals surface area contributed by atoms with Crippen molar-refractivity contribution >= 4 is 6.03 Å². The van der Waals surface area contributed by atoms with Crippen molar-refractivity contribution in [1.29, 1.82) is 0 Å². The van der Waals surface area contributed by atoms with Crippen LogP contribution in [0.15, 0.2) is 6.33 Å². The highest BCUT2D eigenvalue weighted by atomic mass is 16.3. The van der Waals surface area contributed by atoms with Crippen LogP contribution < -0.4 is 10.6 Å². The lowest BCUT2D eigenvalue weighted by molar-refractivity contribution is 0.0501. The van der Waals surface area contributed by atoms with Crippen molar-refractivity contribution in [2.45, 2.75) is 51.2 Å². The third-order valence-corrected chi connectivity index (χ3v) is 3.76. The van der Waals surface area contributed by atoms with E-state index in [9.17, 15) is 9.90 Å². The van der Waals surface area contributed by atoms with Crippen molar-refractivity contribution in [1.82, 2.24) is 25.4 Å². The first-order valence-corrected chi connectivity index (χ1v) is 7.24. The molecular formula is C13H23N5O2. The van der Waals surface area contributed by atoms with Crippen LogP contribution in [0.25, 0.3) is 0 Å². The Labute approximate surface area is 118 Å². The van der Waals surface area contributed by atoms with Crippen LogP contribution >= 0.6 is 0 Å². The molecule has 0 atom stereocenters. The van der Waals surface area contributed by atoms with E-state index in [1.165, 1.54) is 0 Å². The molecule has 1 aromatic rings. The summed E-state index contributed by atoms with van der Waals surface area (Å²) in [5, 5.41) is 23.5. The highest BCUT2D eigenvalue weighted by molar-refractivity contribution is 5.73. The highest BCUT2D eigenvalue weighted by Gasteiger charge is 2.31. The zero-order chi connectivity index (χ0) is 14.4. The number of nitrogens with zero attached hydrogens (tertiary/aromatic N) is 3. The SMILES string of the molecule is CCc1nncn1CCNC(=O)NCC1(O)CCCC1.